The molecule has 1 heterocycles. The largest absolute Gasteiger partial charge is 0.496 e. The van der Waals surface area contributed by atoms with E-state index in [2.05, 4.69) is 52.1 Å². The number of halogens is 1. The maximum atomic E-state index is 5.30. The Morgan fingerprint density at radius 2 is 2.24 bits per heavy atom. The van der Waals surface area contributed by atoms with Gasteiger partial charge in [-0.05, 0) is 65.5 Å². The molecule has 1 fully saturated rings. The fourth-order valence-electron chi connectivity index (χ4n) is 2.92. The Kier molecular flexibility index (Phi) is 6.52. The first-order chi connectivity index (χ1) is 10.1. The minimum atomic E-state index is 0.671. The summed E-state index contributed by atoms with van der Waals surface area (Å²) in [6.45, 7) is 8.96. The summed E-state index contributed by atoms with van der Waals surface area (Å²) in [5.74, 6) is 1.62. The summed E-state index contributed by atoms with van der Waals surface area (Å²) < 4.78 is 6.33. The molecule has 4 heteroatoms. The third-order valence-corrected chi connectivity index (χ3v) is 4.65. The van der Waals surface area contributed by atoms with Crippen molar-refractivity contribution >= 4 is 15.9 Å². The molecule has 0 aliphatic carbocycles. The van der Waals surface area contributed by atoms with Crippen LogP contribution in [0.5, 0.6) is 5.75 Å². The molecule has 1 aromatic carbocycles. The molecule has 118 valence electrons. The molecule has 0 bridgehead atoms. The van der Waals surface area contributed by atoms with Crippen molar-refractivity contribution in [3.05, 3.63) is 28.2 Å². The van der Waals surface area contributed by atoms with Gasteiger partial charge in [-0.3, -0.25) is 4.90 Å². The molecule has 0 amide bonds. The summed E-state index contributed by atoms with van der Waals surface area (Å²) in [7, 11) is 1.71. The van der Waals surface area contributed by atoms with Crippen LogP contribution in [-0.2, 0) is 6.54 Å². The number of benzene rings is 1. The van der Waals surface area contributed by atoms with Gasteiger partial charge in [-0.2, -0.15) is 0 Å². The van der Waals surface area contributed by atoms with Crippen molar-refractivity contribution in [2.24, 2.45) is 5.92 Å². The second-order valence-electron chi connectivity index (χ2n) is 6.29. The summed E-state index contributed by atoms with van der Waals surface area (Å²) in [4.78, 5) is 2.60. The van der Waals surface area contributed by atoms with Crippen molar-refractivity contribution in [2.75, 3.05) is 26.7 Å². The molecule has 21 heavy (non-hydrogen) atoms. The highest BCUT2D eigenvalue weighted by Gasteiger charge is 2.24. The van der Waals surface area contributed by atoms with Crippen molar-refractivity contribution in [1.29, 1.82) is 0 Å². The number of nitrogens with one attached hydrogen (secondary N) is 1. The smallest absolute Gasteiger partial charge is 0.133 e. The maximum Gasteiger partial charge on any atom is 0.133 e. The molecule has 1 aliphatic rings. The Morgan fingerprint density at radius 1 is 1.43 bits per heavy atom. The van der Waals surface area contributed by atoms with E-state index in [0.717, 1.165) is 35.8 Å². The number of hydrogen-bond acceptors (Lipinski definition) is 3. The van der Waals surface area contributed by atoms with Crippen LogP contribution in [0.2, 0.25) is 0 Å². The lowest BCUT2D eigenvalue weighted by molar-refractivity contribution is 0.237. The molecule has 0 radical (unpaired) electrons. The number of hydrogen-bond donors (Lipinski definition) is 1. The van der Waals surface area contributed by atoms with Crippen LogP contribution in [0, 0.1) is 5.92 Å². The van der Waals surface area contributed by atoms with E-state index in [-0.39, 0.29) is 0 Å². The van der Waals surface area contributed by atoms with E-state index in [9.17, 15) is 0 Å². The monoisotopic (exact) mass is 354 g/mol. The number of rotatable bonds is 7. The molecule has 3 nitrogen and oxygen atoms in total. The van der Waals surface area contributed by atoms with E-state index in [0.29, 0.717) is 6.04 Å². The van der Waals surface area contributed by atoms with E-state index in [1.54, 1.807) is 7.11 Å². The lowest BCUT2D eigenvalue weighted by atomic mass is 10.1. The maximum absolute atomic E-state index is 5.30. The van der Waals surface area contributed by atoms with Gasteiger partial charge in [-0.1, -0.05) is 19.9 Å². The van der Waals surface area contributed by atoms with Crippen molar-refractivity contribution in [3.8, 4) is 5.75 Å². The minimum Gasteiger partial charge on any atom is -0.496 e. The Balaban J connectivity index is 1.90. The lowest BCUT2D eigenvalue weighted by Crippen LogP contribution is -2.38. The van der Waals surface area contributed by atoms with Gasteiger partial charge >= 0.3 is 0 Å². The summed E-state index contributed by atoms with van der Waals surface area (Å²) in [6, 6.07) is 7.06. The molecule has 2 rings (SSSR count). The number of ether oxygens (including phenoxy) is 1. The van der Waals surface area contributed by atoms with Gasteiger partial charge in [-0.15, -0.1) is 0 Å². The lowest BCUT2D eigenvalue weighted by Gasteiger charge is -2.25. The fourth-order valence-corrected chi connectivity index (χ4v) is 3.50. The van der Waals surface area contributed by atoms with Crippen LogP contribution in [0.4, 0.5) is 0 Å². The molecule has 1 unspecified atom stereocenters. The quantitative estimate of drug-likeness (QED) is 0.808. The highest BCUT2D eigenvalue weighted by Crippen LogP contribution is 2.27. The van der Waals surface area contributed by atoms with Crippen molar-refractivity contribution in [1.82, 2.24) is 10.2 Å². The van der Waals surface area contributed by atoms with Gasteiger partial charge < -0.3 is 10.1 Å². The zero-order chi connectivity index (χ0) is 15.2. The van der Waals surface area contributed by atoms with Gasteiger partial charge in [0.15, 0.2) is 0 Å². The van der Waals surface area contributed by atoms with Crippen LogP contribution in [-0.4, -0.2) is 37.7 Å². The van der Waals surface area contributed by atoms with E-state index in [1.807, 2.05) is 6.07 Å². The predicted octanol–water partition coefficient (Wildman–Crippen LogP) is 3.67. The van der Waals surface area contributed by atoms with Crippen molar-refractivity contribution in [3.63, 3.8) is 0 Å². The first-order valence-corrected chi connectivity index (χ1v) is 8.66. The topological polar surface area (TPSA) is 24.5 Å². The molecule has 1 N–H and O–H groups in total. The van der Waals surface area contributed by atoms with Crippen LogP contribution in [0.3, 0.4) is 0 Å². The number of nitrogens with zero attached hydrogens (tertiary/aromatic N) is 1. The molecular weight excluding hydrogens is 328 g/mol. The molecule has 0 saturated carbocycles. The van der Waals surface area contributed by atoms with Gasteiger partial charge in [0.2, 0.25) is 0 Å². The first-order valence-electron chi connectivity index (χ1n) is 7.87. The molecule has 1 saturated heterocycles. The number of likely N-dealkylation sites (tertiary alicyclic amines) is 1. The highest BCUT2D eigenvalue weighted by molar-refractivity contribution is 9.10. The van der Waals surface area contributed by atoms with Crippen LogP contribution in [0.25, 0.3) is 0 Å². The third-order valence-electron chi connectivity index (χ3n) is 4.03. The molecular formula is C17H27BrN2O. The van der Waals surface area contributed by atoms with E-state index >= 15 is 0 Å². The number of methoxy groups -OCH3 is 1. The second-order valence-corrected chi connectivity index (χ2v) is 7.14. The summed E-state index contributed by atoms with van der Waals surface area (Å²) in [6.07, 6.45) is 2.62. The molecule has 0 spiro atoms. The average molecular weight is 355 g/mol. The zero-order valence-corrected chi connectivity index (χ0v) is 14.9. The highest BCUT2D eigenvalue weighted by atomic mass is 79.9. The Hall–Kier alpha value is -0.580. The Bertz CT molecular complexity index is 450. The molecule has 1 aliphatic heterocycles. The zero-order valence-electron chi connectivity index (χ0n) is 13.4. The van der Waals surface area contributed by atoms with Gasteiger partial charge in [0.1, 0.15) is 5.75 Å². The minimum absolute atomic E-state index is 0.671. The Labute approximate surface area is 137 Å². The average Bonchev–Trinajstić information content (AvgIpc) is 2.86. The normalized spacial score (nSPS) is 19.4. The third kappa shape index (κ3) is 4.97. The van der Waals surface area contributed by atoms with Gasteiger partial charge in [0, 0.05) is 19.1 Å². The first kappa shape index (κ1) is 16.8. The van der Waals surface area contributed by atoms with Crippen molar-refractivity contribution < 1.29 is 4.74 Å². The fraction of sp³-hybridized carbons (Fsp3) is 0.647. The molecule has 1 atom stereocenters. The van der Waals surface area contributed by atoms with Gasteiger partial charge in [-0.25, -0.2) is 0 Å². The Morgan fingerprint density at radius 3 is 2.90 bits per heavy atom. The second kappa shape index (κ2) is 8.16. The van der Waals surface area contributed by atoms with Crippen LogP contribution in [0.15, 0.2) is 22.7 Å². The van der Waals surface area contributed by atoms with Crippen LogP contribution >= 0.6 is 15.9 Å². The van der Waals surface area contributed by atoms with Crippen LogP contribution in [0.1, 0.15) is 32.3 Å². The molecule has 0 aromatic heterocycles. The van der Waals surface area contributed by atoms with Gasteiger partial charge in [0.25, 0.3) is 0 Å². The summed E-state index contributed by atoms with van der Waals surface area (Å²) in [5.41, 5.74) is 1.35. The van der Waals surface area contributed by atoms with E-state index in [1.165, 1.54) is 24.9 Å². The van der Waals surface area contributed by atoms with E-state index < -0.39 is 0 Å². The predicted molar refractivity (Wildman–Crippen MR) is 91.8 cm³/mol. The summed E-state index contributed by atoms with van der Waals surface area (Å²) >= 11 is 3.57. The SMILES string of the molecule is COc1ccc(CN2CCCC2CNCC(C)C)cc1Br. The standard InChI is InChI=1S/C17H27BrN2O/c1-13(2)10-19-11-15-5-4-8-20(15)12-14-6-7-17(21-3)16(18)9-14/h6-7,9,13,15,19H,4-5,8,10-12H2,1-3H3. The van der Waals surface area contributed by atoms with E-state index in [4.69, 9.17) is 4.74 Å². The molecule has 1 aromatic rings. The van der Waals surface area contributed by atoms with Crippen molar-refractivity contribution in [2.45, 2.75) is 39.3 Å². The van der Waals surface area contributed by atoms with Gasteiger partial charge in [0.05, 0.1) is 11.6 Å². The summed E-state index contributed by atoms with van der Waals surface area (Å²) in [5, 5.41) is 3.60. The van der Waals surface area contributed by atoms with Crippen LogP contribution < -0.4 is 10.1 Å².